The fourth-order valence-corrected chi connectivity index (χ4v) is 5.38. The number of furan rings is 1. The van der Waals surface area contributed by atoms with Crippen LogP contribution in [-0.2, 0) is 4.79 Å². The highest BCUT2D eigenvalue weighted by Crippen LogP contribution is 2.39. The summed E-state index contributed by atoms with van der Waals surface area (Å²) in [4.78, 5) is 17.9. The quantitative estimate of drug-likeness (QED) is 0.419. The zero-order chi connectivity index (χ0) is 22.5. The molecule has 1 amide bonds. The maximum absolute atomic E-state index is 11.6. The standard InChI is InChI=1S/C24H22N6O2S/c1-14(31)29-7-5-17(6-8-29)30-13-16(10-27-30)20-12-26-24(25)22-19(20)9-21(32-22)18-4-2-3-15-11-28-33-23(15)18/h2-4,9-13,17H,5-8H2,1H3,(H2,25,26). The van der Waals surface area contributed by atoms with Gasteiger partial charge in [0.15, 0.2) is 11.4 Å². The summed E-state index contributed by atoms with van der Waals surface area (Å²) in [5.41, 5.74) is 9.64. The van der Waals surface area contributed by atoms with Gasteiger partial charge in [-0.25, -0.2) is 4.98 Å². The van der Waals surface area contributed by atoms with Crippen LogP contribution in [0.4, 0.5) is 5.82 Å². The van der Waals surface area contributed by atoms with Crippen molar-refractivity contribution in [2.45, 2.75) is 25.8 Å². The molecule has 0 spiro atoms. The normalized spacial score (nSPS) is 15.0. The average Bonchev–Trinajstić information content (AvgIpc) is 3.58. The van der Waals surface area contributed by atoms with Gasteiger partial charge in [-0.2, -0.15) is 9.47 Å². The second kappa shape index (κ2) is 7.70. The van der Waals surface area contributed by atoms with Crippen LogP contribution in [0.15, 0.2) is 53.5 Å². The molecule has 1 aliphatic heterocycles. The molecule has 0 bridgehead atoms. The third-order valence-electron chi connectivity index (χ3n) is 6.43. The molecular weight excluding hydrogens is 436 g/mol. The minimum absolute atomic E-state index is 0.134. The number of likely N-dealkylation sites (tertiary alicyclic amines) is 1. The van der Waals surface area contributed by atoms with E-state index < -0.39 is 0 Å². The Hall–Kier alpha value is -3.72. The van der Waals surface area contributed by atoms with Crippen LogP contribution in [0.1, 0.15) is 25.8 Å². The molecule has 4 aromatic heterocycles. The number of rotatable bonds is 3. The lowest BCUT2D eigenvalue weighted by molar-refractivity contribution is -0.130. The van der Waals surface area contributed by atoms with E-state index in [0.29, 0.717) is 11.4 Å². The number of fused-ring (bicyclic) bond motifs is 2. The highest BCUT2D eigenvalue weighted by Gasteiger charge is 2.23. The minimum Gasteiger partial charge on any atom is -0.452 e. The summed E-state index contributed by atoms with van der Waals surface area (Å²) in [6, 6.07) is 8.38. The molecule has 0 radical (unpaired) electrons. The topological polar surface area (TPSA) is 103 Å². The monoisotopic (exact) mass is 458 g/mol. The molecule has 0 unspecified atom stereocenters. The van der Waals surface area contributed by atoms with E-state index in [1.54, 1.807) is 13.1 Å². The number of nitrogens with two attached hydrogens (primary N) is 1. The molecule has 0 aliphatic carbocycles. The van der Waals surface area contributed by atoms with E-state index in [-0.39, 0.29) is 11.9 Å². The van der Waals surface area contributed by atoms with E-state index in [0.717, 1.165) is 63.9 Å². The number of piperidine rings is 1. The third kappa shape index (κ3) is 3.36. The predicted molar refractivity (Wildman–Crippen MR) is 129 cm³/mol. The number of carbonyl (C=O) groups is 1. The number of hydrogen-bond donors (Lipinski definition) is 1. The summed E-state index contributed by atoms with van der Waals surface area (Å²) in [6.07, 6.45) is 9.35. The number of hydrogen-bond acceptors (Lipinski definition) is 7. The van der Waals surface area contributed by atoms with Crippen molar-refractivity contribution in [2.75, 3.05) is 18.8 Å². The van der Waals surface area contributed by atoms with Crippen molar-refractivity contribution < 1.29 is 9.21 Å². The molecule has 0 atom stereocenters. The van der Waals surface area contributed by atoms with Crippen LogP contribution < -0.4 is 5.73 Å². The summed E-state index contributed by atoms with van der Waals surface area (Å²) < 4.78 is 13.6. The van der Waals surface area contributed by atoms with Crippen LogP contribution in [0.3, 0.4) is 0 Å². The predicted octanol–water partition coefficient (Wildman–Crippen LogP) is 4.73. The van der Waals surface area contributed by atoms with Crippen LogP contribution in [-0.4, -0.2) is 43.0 Å². The maximum atomic E-state index is 11.6. The zero-order valence-electron chi connectivity index (χ0n) is 18.1. The Labute approximate surface area is 193 Å². The average molecular weight is 459 g/mol. The summed E-state index contributed by atoms with van der Waals surface area (Å²) in [6.45, 7) is 3.15. The van der Waals surface area contributed by atoms with E-state index in [1.165, 1.54) is 11.5 Å². The van der Waals surface area contributed by atoms with Crippen LogP contribution in [0.2, 0.25) is 0 Å². The van der Waals surface area contributed by atoms with Gasteiger partial charge >= 0.3 is 0 Å². The molecule has 2 N–H and O–H groups in total. The molecule has 1 aromatic carbocycles. The molecule has 5 aromatic rings. The molecule has 1 saturated heterocycles. The van der Waals surface area contributed by atoms with Crippen LogP contribution >= 0.6 is 11.5 Å². The van der Waals surface area contributed by atoms with E-state index >= 15 is 0 Å². The van der Waals surface area contributed by atoms with Gasteiger partial charge in [0.1, 0.15) is 5.76 Å². The van der Waals surface area contributed by atoms with Crippen LogP contribution in [0, 0.1) is 0 Å². The van der Waals surface area contributed by atoms with Gasteiger partial charge in [-0.05, 0) is 36.5 Å². The Kier molecular flexibility index (Phi) is 4.65. The highest BCUT2D eigenvalue weighted by atomic mass is 32.1. The molecule has 6 rings (SSSR count). The molecule has 1 fully saturated rings. The van der Waals surface area contributed by atoms with Crippen molar-refractivity contribution in [2.24, 2.45) is 0 Å². The van der Waals surface area contributed by atoms with Crippen molar-refractivity contribution >= 4 is 44.3 Å². The van der Waals surface area contributed by atoms with Gasteiger partial charge in [0.05, 0.1) is 16.9 Å². The van der Waals surface area contributed by atoms with Gasteiger partial charge in [0, 0.05) is 66.1 Å². The number of nitrogens with zero attached hydrogens (tertiary/aromatic N) is 5. The number of anilines is 1. The lowest BCUT2D eigenvalue weighted by atomic mass is 10.0. The van der Waals surface area contributed by atoms with Crippen molar-refractivity contribution in [3.05, 3.63) is 49.1 Å². The number of nitrogen functional groups attached to an aromatic ring is 1. The Morgan fingerprint density at radius 3 is 2.85 bits per heavy atom. The van der Waals surface area contributed by atoms with Crippen LogP contribution in [0.25, 0.3) is 43.5 Å². The van der Waals surface area contributed by atoms with Gasteiger partial charge in [-0.1, -0.05) is 12.1 Å². The maximum Gasteiger partial charge on any atom is 0.219 e. The SMILES string of the molecule is CC(=O)N1CCC(n2cc(-c3cnc(N)c4oc(-c5cccc6cnsc56)cc34)cn2)CC1. The van der Waals surface area contributed by atoms with E-state index in [1.807, 2.05) is 46.2 Å². The van der Waals surface area contributed by atoms with Crippen molar-refractivity contribution in [3.8, 4) is 22.5 Å². The van der Waals surface area contributed by atoms with E-state index in [2.05, 4.69) is 20.7 Å². The fourth-order valence-electron chi connectivity index (χ4n) is 4.62. The third-order valence-corrected chi connectivity index (χ3v) is 7.28. The van der Waals surface area contributed by atoms with Crippen molar-refractivity contribution in [1.29, 1.82) is 0 Å². The van der Waals surface area contributed by atoms with Crippen molar-refractivity contribution in [3.63, 3.8) is 0 Å². The van der Waals surface area contributed by atoms with E-state index in [9.17, 15) is 4.79 Å². The van der Waals surface area contributed by atoms with Gasteiger partial charge in [0.25, 0.3) is 0 Å². The molecule has 5 heterocycles. The first kappa shape index (κ1) is 19.9. The molecule has 9 heteroatoms. The fraction of sp³-hybridized carbons (Fsp3) is 0.250. The van der Waals surface area contributed by atoms with Gasteiger partial charge in [-0.3, -0.25) is 9.48 Å². The first-order valence-electron chi connectivity index (χ1n) is 10.9. The zero-order valence-corrected chi connectivity index (χ0v) is 18.9. The first-order valence-corrected chi connectivity index (χ1v) is 11.7. The highest BCUT2D eigenvalue weighted by molar-refractivity contribution is 7.13. The Morgan fingerprint density at radius 1 is 1.18 bits per heavy atom. The number of aromatic nitrogens is 4. The molecule has 8 nitrogen and oxygen atoms in total. The van der Waals surface area contributed by atoms with Gasteiger partial charge < -0.3 is 15.1 Å². The minimum atomic E-state index is 0.134. The summed E-state index contributed by atoms with van der Waals surface area (Å²) in [7, 11) is 0. The molecule has 33 heavy (non-hydrogen) atoms. The smallest absolute Gasteiger partial charge is 0.219 e. The number of pyridine rings is 1. The molecular formula is C24H22N6O2S. The molecule has 0 saturated carbocycles. The first-order chi connectivity index (χ1) is 16.1. The summed E-state index contributed by atoms with van der Waals surface area (Å²) in [5.74, 6) is 1.24. The summed E-state index contributed by atoms with van der Waals surface area (Å²) in [5, 5.41) is 6.62. The Balaban J connectivity index is 1.38. The second-order valence-corrected chi connectivity index (χ2v) is 9.21. The second-order valence-electron chi connectivity index (χ2n) is 8.41. The lowest BCUT2D eigenvalue weighted by Crippen LogP contribution is -2.37. The molecule has 166 valence electrons. The van der Waals surface area contributed by atoms with Gasteiger partial charge in [0.2, 0.25) is 5.91 Å². The van der Waals surface area contributed by atoms with E-state index in [4.69, 9.17) is 10.2 Å². The number of carbonyl (C=O) groups excluding carboxylic acids is 1. The number of benzene rings is 1. The lowest BCUT2D eigenvalue weighted by Gasteiger charge is -2.31. The Bertz CT molecular complexity index is 1490. The van der Waals surface area contributed by atoms with Gasteiger partial charge in [-0.15, -0.1) is 0 Å². The Morgan fingerprint density at radius 2 is 2.03 bits per heavy atom. The molecule has 1 aliphatic rings. The largest absolute Gasteiger partial charge is 0.452 e. The van der Waals surface area contributed by atoms with Crippen LogP contribution in [0.5, 0.6) is 0 Å². The summed E-state index contributed by atoms with van der Waals surface area (Å²) >= 11 is 1.45. The number of amides is 1. The van der Waals surface area contributed by atoms with Crippen molar-refractivity contribution in [1.82, 2.24) is 24.0 Å².